The molecular formula is C5H9BrO2S. The highest BCUT2D eigenvalue weighted by Crippen LogP contribution is 2.21. The van der Waals surface area contributed by atoms with E-state index in [0.29, 0.717) is 17.4 Å². The summed E-state index contributed by atoms with van der Waals surface area (Å²) in [5.41, 5.74) is 0. The zero-order valence-corrected chi connectivity index (χ0v) is 7.41. The summed E-state index contributed by atoms with van der Waals surface area (Å²) in [4.78, 5) is 0. The summed E-state index contributed by atoms with van der Waals surface area (Å²) in [6.07, 6.45) is 0.999. The van der Waals surface area contributed by atoms with Gasteiger partial charge in [0, 0.05) is 5.33 Å². The summed E-state index contributed by atoms with van der Waals surface area (Å²) < 4.78 is 21.1. The maximum atomic E-state index is 10.6. The second-order valence-corrected chi connectivity index (χ2v) is 5.37. The molecule has 2 nitrogen and oxygen atoms in total. The molecule has 4 heteroatoms. The molecule has 0 aromatic heterocycles. The number of hydrogen-bond donors (Lipinski definition) is 0. The van der Waals surface area contributed by atoms with Gasteiger partial charge in [0.05, 0.1) is 11.5 Å². The van der Waals surface area contributed by atoms with Gasteiger partial charge in [0.2, 0.25) is 0 Å². The number of hydrogen-bond acceptors (Lipinski definition) is 2. The Bertz CT molecular complexity index is 173. The van der Waals surface area contributed by atoms with Crippen molar-refractivity contribution in [3.05, 3.63) is 0 Å². The molecule has 1 aliphatic rings. The molecule has 0 aromatic rings. The van der Waals surface area contributed by atoms with Gasteiger partial charge in [0.25, 0.3) is 0 Å². The first-order valence-electron chi connectivity index (χ1n) is 2.90. The van der Waals surface area contributed by atoms with Crippen LogP contribution in [0, 0.1) is 5.92 Å². The normalized spacial score (nSPS) is 25.4. The Labute approximate surface area is 63.7 Å². The van der Waals surface area contributed by atoms with Crippen LogP contribution in [0.15, 0.2) is 0 Å². The molecule has 0 atom stereocenters. The third-order valence-corrected chi connectivity index (χ3v) is 3.91. The van der Waals surface area contributed by atoms with Crippen molar-refractivity contribution in [2.75, 3.05) is 16.8 Å². The quantitative estimate of drug-likeness (QED) is 0.636. The number of halogens is 1. The van der Waals surface area contributed by atoms with Gasteiger partial charge < -0.3 is 0 Å². The molecule has 1 rings (SSSR count). The van der Waals surface area contributed by atoms with Crippen molar-refractivity contribution in [3.8, 4) is 0 Å². The van der Waals surface area contributed by atoms with E-state index in [0.717, 1.165) is 11.8 Å². The average molecular weight is 213 g/mol. The van der Waals surface area contributed by atoms with Crippen LogP contribution in [-0.2, 0) is 9.84 Å². The molecule has 9 heavy (non-hydrogen) atoms. The van der Waals surface area contributed by atoms with Crippen molar-refractivity contribution >= 4 is 25.8 Å². The monoisotopic (exact) mass is 212 g/mol. The lowest BCUT2D eigenvalue weighted by molar-refractivity contribution is 0.515. The maximum Gasteiger partial charge on any atom is 0.150 e. The Kier molecular flexibility index (Phi) is 2.16. The second-order valence-electron chi connectivity index (χ2n) is 2.42. The van der Waals surface area contributed by atoms with Crippen LogP contribution >= 0.6 is 15.9 Å². The van der Waals surface area contributed by atoms with Gasteiger partial charge in [-0.3, -0.25) is 0 Å². The fourth-order valence-electron chi connectivity index (χ4n) is 0.990. The van der Waals surface area contributed by atoms with Crippen LogP contribution in [-0.4, -0.2) is 25.3 Å². The van der Waals surface area contributed by atoms with E-state index in [-0.39, 0.29) is 0 Å². The van der Waals surface area contributed by atoms with Crippen molar-refractivity contribution in [2.45, 2.75) is 6.42 Å². The molecule has 54 valence electrons. The predicted octanol–water partition coefficient (Wildman–Crippen LogP) is 0.816. The highest BCUT2D eigenvalue weighted by atomic mass is 79.9. The standard InChI is InChI=1S/C5H9BrO2S/c6-2-1-5-3-9(7,8)4-5/h5H,1-4H2. The Morgan fingerprint density at radius 3 is 2.33 bits per heavy atom. The lowest BCUT2D eigenvalue weighted by Crippen LogP contribution is -2.36. The van der Waals surface area contributed by atoms with Crippen LogP contribution in [0.25, 0.3) is 0 Å². The molecular weight excluding hydrogens is 204 g/mol. The first-order chi connectivity index (χ1) is 4.14. The van der Waals surface area contributed by atoms with Crippen molar-refractivity contribution in [2.24, 2.45) is 5.92 Å². The van der Waals surface area contributed by atoms with Crippen LogP contribution < -0.4 is 0 Å². The van der Waals surface area contributed by atoms with E-state index in [9.17, 15) is 8.42 Å². The van der Waals surface area contributed by atoms with E-state index in [1.807, 2.05) is 0 Å². The summed E-state index contributed by atoms with van der Waals surface area (Å²) >= 11 is 3.27. The highest BCUT2D eigenvalue weighted by molar-refractivity contribution is 9.09. The fourth-order valence-corrected chi connectivity index (χ4v) is 3.31. The van der Waals surface area contributed by atoms with E-state index in [1.54, 1.807) is 0 Å². The van der Waals surface area contributed by atoms with Crippen molar-refractivity contribution < 1.29 is 8.42 Å². The van der Waals surface area contributed by atoms with E-state index >= 15 is 0 Å². The van der Waals surface area contributed by atoms with Gasteiger partial charge in [-0.2, -0.15) is 0 Å². The molecule has 1 aliphatic heterocycles. The van der Waals surface area contributed by atoms with E-state index in [1.165, 1.54) is 0 Å². The first kappa shape index (κ1) is 7.54. The molecule has 0 bridgehead atoms. The van der Waals surface area contributed by atoms with Gasteiger partial charge in [-0.25, -0.2) is 8.42 Å². The van der Waals surface area contributed by atoms with Gasteiger partial charge in [-0.05, 0) is 12.3 Å². The number of rotatable bonds is 2. The van der Waals surface area contributed by atoms with Gasteiger partial charge in [-0.15, -0.1) is 0 Å². The Morgan fingerprint density at radius 1 is 1.44 bits per heavy atom. The van der Waals surface area contributed by atoms with Gasteiger partial charge in [0.1, 0.15) is 0 Å². The van der Waals surface area contributed by atoms with Gasteiger partial charge in [0.15, 0.2) is 9.84 Å². The van der Waals surface area contributed by atoms with Crippen LogP contribution in [0.5, 0.6) is 0 Å². The second kappa shape index (κ2) is 2.58. The Balaban J connectivity index is 2.28. The summed E-state index contributed by atoms with van der Waals surface area (Å²) in [5.74, 6) is 1.27. The predicted molar refractivity (Wildman–Crippen MR) is 40.6 cm³/mol. The minimum atomic E-state index is -2.57. The number of sulfone groups is 1. The van der Waals surface area contributed by atoms with Crippen molar-refractivity contribution in [3.63, 3.8) is 0 Å². The molecule has 1 heterocycles. The van der Waals surface area contributed by atoms with E-state index in [4.69, 9.17) is 0 Å². The van der Waals surface area contributed by atoms with Crippen molar-refractivity contribution in [1.82, 2.24) is 0 Å². The molecule has 1 saturated heterocycles. The minimum absolute atomic E-state index is 0.415. The van der Waals surface area contributed by atoms with Crippen LogP contribution in [0.1, 0.15) is 6.42 Å². The maximum absolute atomic E-state index is 10.6. The van der Waals surface area contributed by atoms with E-state index in [2.05, 4.69) is 15.9 Å². The molecule has 0 radical (unpaired) electrons. The zero-order valence-electron chi connectivity index (χ0n) is 5.01. The lowest BCUT2D eigenvalue weighted by atomic mass is 10.1. The average Bonchev–Trinajstić information content (AvgIpc) is 1.62. The minimum Gasteiger partial charge on any atom is -0.229 e. The summed E-state index contributed by atoms with van der Waals surface area (Å²) in [7, 11) is -2.57. The topological polar surface area (TPSA) is 34.1 Å². The third-order valence-electron chi connectivity index (χ3n) is 1.50. The molecule has 0 spiro atoms. The summed E-state index contributed by atoms with van der Waals surface area (Å²) in [5, 5.41) is 0.924. The molecule has 0 unspecified atom stereocenters. The van der Waals surface area contributed by atoms with Gasteiger partial charge in [-0.1, -0.05) is 15.9 Å². The molecule has 0 aromatic carbocycles. The highest BCUT2D eigenvalue weighted by Gasteiger charge is 2.32. The molecule has 1 fully saturated rings. The van der Waals surface area contributed by atoms with Crippen molar-refractivity contribution in [1.29, 1.82) is 0 Å². The lowest BCUT2D eigenvalue weighted by Gasteiger charge is -2.24. The largest absolute Gasteiger partial charge is 0.229 e. The fraction of sp³-hybridized carbons (Fsp3) is 1.00. The Morgan fingerprint density at radius 2 is 2.00 bits per heavy atom. The van der Waals surface area contributed by atoms with Crippen LogP contribution in [0.3, 0.4) is 0 Å². The molecule has 0 saturated carbocycles. The summed E-state index contributed by atoms with van der Waals surface area (Å²) in [6, 6.07) is 0. The molecule has 0 amide bonds. The zero-order chi connectivity index (χ0) is 6.91. The Hall–Kier alpha value is 0.430. The van der Waals surface area contributed by atoms with Crippen LogP contribution in [0.4, 0.5) is 0 Å². The summed E-state index contributed by atoms with van der Waals surface area (Å²) in [6.45, 7) is 0. The molecule has 0 aliphatic carbocycles. The smallest absolute Gasteiger partial charge is 0.150 e. The van der Waals surface area contributed by atoms with E-state index < -0.39 is 9.84 Å². The number of alkyl halides is 1. The molecule has 0 N–H and O–H groups in total. The van der Waals surface area contributed by atoms with Gasteiger partial charge >= 0.3 is 0 Å². The first-order valence-corrected chi connectivity index (χ1v) is 5.85. The SMILES string of the molecule is O=S1(=O)CC(CCBr)C1. The van der Waals surface area contributed by atoms with Crippen LogP contribution in [0.2, 0.25) is 0 Å². The third kappa shape index (κ3) is 1.93.